The smallest absolute Gasteiger partial charge is 0.326 e. The van der Waals surface area contributed by atoms with Crippen molar-refractivity contribution in [3.05, 3.63) is 23.8 Å². The zero-order chi connectivity index (χ0) is 19.9. The molecule has 0 aliphatic heterocycles. The van der Waals surface area contributed by atoms with Crippen LogP contribution in [0.3, 0.4) is 0 Å². The number of sulfonamides is 1. The number of nitrogens with one attached hydrogen (secondary N) is 3. The van der Waals surface area contributed by atoms with Crippen LogP contribution < -0.4 is 15.4 Å². The Morgan fingerprint density at radius 1 is 1.23 bits per heavy atom. The monoisotopic (exact) mass is 385 g/mol. The van der Waals surface area contributed by atoms with Gasteiger partial charge in [-0.1, -0.05) is 19.8 Å². The van der Waals surface area contributed by atoms with Gasteiger partial charge in [-0.25, -0.2) is 13.2 Å². The number of amides is 2. The van der Waals surface area contributed by atoms with Gasteiger partial charge in [-0.2, -0.15) is 0 Å². The molecule has 0 fully saturated rings. The molecule has 1 atom stereocenters. The maximum Gasteiger partial charge on any atom is 0.326 e. The van der Waals surface area contributed by atoms with Gasteiger partial charge in [0.25, 0.3) is 5.91 Å². The predicted molar refractivity (Wildman–Crippen MR) is 97.6 cm³/mol. The van der Waals surface area contributed by atoms with Gasteiger partial charge in [0.2, 0.25) is 15.9 Å². The van der Waals surface area contributed by atoms with Crippen LogP contribution in [0.4, 0.5) is 11.4 Å². The summed E-state index contributed by atoms with van der Waals surface area (Å²) in [5.74, 6) is -2.30. The number of hydrogen-bond donors (Lipinski definition) is 4. The number of unbranched alkanes of at least 4 members (excludes halogenated alkanes) is 1. The molecule has 1 aromatic carbocycles. The van der Waals surface area contributed by atoms with Gasteiger partial charge < -0.3 is 15.7 Å². The Balaban J connectivity index is 3.20. The Morgan fingerprint density at radius 3 is 2.38 bits per heavy atom. The minimum Gasteiger partial charge on any atom is -0.480 e. The van der Waals surface area contributed by atoms with Gasteiger partial charge in [0.1, 0.15) is 6.04 Å². The van der Waals surface area contributed by atoms with Gasteiger partial charge in [0.05, 0.1) is 17.5 Å². The van der Waals surface area contributed by atoms with Gasteiger partial charge >= 0.3 is 5.97 Å². The minimum absolute atomic E-state index is 0.0151. The first-order valence-electron chi connectivity index (χ1n) is 7.96. The molecule has 0 aliphatic rings. The summed E-state index contributed by atoms with van der Waals surface area (Å²) in [7, 11) is -3.66. The summed E-state index contributed by atoms with van der Waals surface area (Å²) in [6, 6.07) is 2.93. The van der Waals surface area contributed by atoms with E-state index in [-0.39, 0.29) is 29.3 Å². The number of anilines is 2. The highest BCUT2D eigenvalue weighted by molar-refractivity contribution is 7.92. The number of aliphatic carboxylic acids is 1. The number of carbonyl (C=O) groups is 3. The van der Waals surface area contributed by atoms with Crippen LogP contribution in [0.15, 0.2) is 18.2 Å². The Labute approximate surface area is 152 Å². The normalized spacial score (nSPS) is 12.1. The summed E-state index contributed by atoms with van der Waals surface area (Å²) in [5.41, 5.74) is 0.172. The van der Waals surface area contributed by atoms with Crippen LogP contribution in [-0.2, 0) is 19.6 Å². The molecule has 0 aromatic heterocycles. The van der Waals surface area contributed by atoms with E-state index in [2.05, 4.69) is 15.4 Å². The fraction of sp³-hybridized carbons (Fsp3) is 0.438. The second-order valence-electron chi connectivity index (χ2n) is 5.82. The van der Waals surface area contributed by atoms with E-state index < -0.39 is 27.9 Å². The standard InChI is InChI=1S/C16H23N3O6S/c1-4-5-6-14(16(22)23)18-15(21)12-9-11(17-10(2)20)7-8-13(12)19-26(3,24)25/h7-9,14,19H,4-6H2,1-3H3,(H,17,20)(H,18,21)(H,22,23)/t14-/m0/s1. The molecule has 0 unspecified atom stereocenters. The highest BCUT2D eigenvalue weighted by Gasteiger charge is 2.22. The van der Waals surface area contributed by atoms with Gasteiger partial charge in [0.15, 0.2) is 0 Å². The van der Waals surface area contributed by atoms with Crippen molar-refractivity contribution in [1.82, 2.24) is 5.32 Å². The average Bonchev–Trinajstić information content (AvgIpc) is 2.50. The van der Waals surface area contributed by atoms with Crippen molar-refractivity contribution in [2.24, 2.45) is 0 Å². The van der Waals surface area contributed by atoms with Gasteiger partial charge in [-0.05, 0) is 24.6 Å². The first-order chi connectivity index (χ1) is 12.0. The van der Waals surface area contributed by atoms with E-state index in [1.54, 1.807) is 0 Å². The first kappa shape index (κ1) is 21.4. The molecule has 0 saturated carbocycles. The number of carboxylic acids is 1. The van der Waals surface area contributed by atoms with Crippen LogP contribution in [0, 0.1) is 0 Å². The third-order valence-corrected chi connectivity index (χ3v) is 3.92. The molecule has 144 valence electrons. The van der Waals surface area contributed by atoms with Crippen molar-refractivity contribution >= 4 is 39.2 Å². The van der Waals surface area contributed by atoms with Crippen molar-refractivity contribution in [2.75, 3.05) is 16.3 Å². The minimum atomic E-state index is -3.66. The summed E-state index contributed by atoms with van der Waals surface area (Å²) < 4.78 is 25.2. The second-order valence-corrected chi connectivity index (χ2v) is 7.57. The zero-order valence-corrected chi connectivity index (χ0v) is 15.6. The van der Waals surface area contributed by atoms with Crippen molar-refractivity contribution in [3.63, 3.8) is 0 Å². The number of carbonyl (C=O) groups excluding carboxylic acids is 2. The molecule has 2 amide bonds. The first-order valence-corrected chi connectivity index (χ1v) is 9.85. The fourth-order valence-electron chi connectivity index (χ4n) is 2.20. The second kappa shape index (κ2) is 9.18. The number of hydrogen-bond acceptors (Lipinski definition) is 5. The zero-order valence-electron chi connectivity index (χ0n) is 14.8. The molecule has 1 rings (SSSR count). The molecule has 0 bridgehead atoms. The SMILES string of the molecule is CCCC[C@H](NC(=O)c1cc(NC(C)=O)ccc1NS(C)(=O)=O)C(=O)O. The Morgan fingerprint density at radius 2 is 1.88 bits per heavy atom. The van der Waals surface area contributed by atoms with Crippen LogP contribution >= 0.6 is 0 Å². The molecule has 0 aliphatic carbocycles. The largest absolute Gasteiger partial charge is 0.480 e. The topological polar surface area (TPSA) is 142 Å². The van der Waals surface area contributed by atoms with Crippen LogP contribution in [0.2, 0.25) is 0 Å². The lowest BCUT2D eigenvalue weighted by atomic mass is 10.1. The Hall–Kier alpha value is -2.62. The molecule has 0 saturated heterocycles. The van der Waals surface area contributed by atoms with Crippen molar-refractivity contribution < 1.29 is 27.9 Å². The average molecular weight is 385 g/mol. The van der Waals surface area contributed by atoms with E-state index in [1.807, 2.05) is 6.92 Å². The van der Waals surface area contributed by atoms with E-state index >= 15 is 0 Å². The quantitative estimate of drug-likeness (QED) is 0.506. The summed E-state index contributed by atoms with van der Waals surface area (Å²) in [4.78, 5) is 35.1. The Bertz CT molecular complexity index is 791. The molecule has 0 heterocycles. The lowest BCUT2D eigenvalue weighted by Gasteiger charge is -2.17. The summed E-state index contributed by atoms with van der Waals surface area (Å²) >= 11 is 0. The lowest BCUT2D eigenvalue weighted by Crippen LogP contribution is -2.41. The van der Waals surface area contributed by atoms with Gasteiger partial charge in [0, 0.05) is 12.6 Å². The maximum absolute atomic E-state index is 12.5. The van der Waals surface area contributed by atoms with Gasteiger partial charge in [-0.3, -0.25) is 14.3 Å². The van der Waals surface area contributed by atoms with E-state index in [4.69, 9.17) is 0 Å². The van der Waals surface area contributed by atoms with E-state index in [9.17, 15) is 27.9 Å². The molecule has 1 aromatic rings. The van der Waals surface area contributed by atoms with E-state index in [0.29, 0.717) is 6.42 Å². The lowest BCUT2D eigenvalue weighted by molar-refractivity contribution is -0.139. The fourth-order valence-corrected chi connectivity index (χ4v) is 2.78. The van der Waals surface area contributed by atoms with Crippen molar-refractivity contribution in [1.29, 1.82) is 0 Å². The molecular formula is C16H23N3O6S. The van der Waals surface area contributed by atoms with Gasteiger partial charge in [-0.15, -0.1) is 0 Å². The van der Waals surface area contributed by atoms with Crippen molar-refractivity contribution in [3.8, 4) is 0 Å². The third-order valence-electron chi connectivity index (χ3n) is 3.33. The highest BCUT2D eigenvalue weighted by Crippen LogP contribution is 2.22. The Kier molecular flexibility index (Phi) is 7.56. The molecular weight excluding hydrogens is 362 g/mol. The van der Waals surface area contributed by atoms with Crippen LogP contribution in [-0.4, -0.2) is 43.6 Å². The number of benzene rings is 1. The summed E-state index contributed by atoms with van der Waals surface area (Å²) in [6.45, 7) is 3.18. The van der Waals surface area contributed by atoms with E-state index in [1.165, 1.54) is 25.1 Å². The third kappa shape index (κ3) is 7.09. The maximum atomic E-state index is 12.5. The molecule has 0 radical (unpaired) electrons. The molecule has 0 spiro atoms. The summed E-state index contributed by atoms with van der Waals surface area (Å²) in [5, 5.41) is 14.1. The van der Waals surface area contributed by atoms with Crippen LogP contribution in [0.5, 0.6) is 0 Å². The highest BCUT2D eigenvalue weighted by atomic mass is 32.2. The van der Waals surface area contributed by atoms with Crippen LogP contribution in [0.1, 0.15) is 43.5 Å². The van der Waals surface area contributed by atoms with Crippen LogP contribution in [0.25, 0.3) is 0 Å². The number of carboxylic acid groups (broad SMARTS) is 1. The van der Waals surface area contributed by atoms with E-state index in [0.717, 1.165) is 12.7 Å². The number of rotatable bonds is 9. The summed E-state index contributed by atoms with van der Waals surface area (Å²) in [6.07, 6.45) is 2.55. The molecule has 4 N–H and O–H groups in total. The molecule has 9 nitrogen and oxygen atoms in total. The van der Waals surface area contributed by atoms with Crippen molar-refractivity contribution in [2.45, 2.75) is 39.2 Å². The molecule has 26 heavy (non-hydrogen) atoms. The molecule has 10 heteroatoms. The predicted octanol–water partition coefficient (Wildman–Crippen LogP) is 1.39.